The number of alkyl halides is 21. The van der Waals surface area contributed by atoms with Gasteiger partial charge in [-0.15, -0.1) is 0 Å². The highest BCUT2D eigenvalue weighted by Gasteiger charge is 2.97. The van der Waals surface area contributed by atoms with Gasteiger partial charge >= 0.3 is 65.4 Å². The average molecular weight is 743 g/mol. The molecule has 0 fully saturated rings. The predicted molar refractivity (Wildman–Crippen MR) is 100 cm³/mol. The van der Waals surface area contributed by atoms with Crippen LogP contribution >= 0.6 is 0 Å². The third kappa shape index (κ3) is 7.09. The summed E-state index contributed by atoms with van der Waals surface area (Å²) in [5.74, 6) is -84.8. The maximum atomic E-state index is 13.9. The van der Waals surface area contributed by atoms with E-state index in [1.165, 1.54) is 0 Å². The summed E-state index contributed by atoms with van der Waals surface area (Å²) < 4.78 is 304. The minimum atomic E-state index is -9.31. The van der Waals surface area contributed by atoms with Crippen molar-refractivity contribution in [3.05, 3.63) is 0 Å². The molecule has 3 N–H and O–H groups in total. The van der Waals surface area contributed by atoms with Crippen LogP contribution in [0.4, 0.5) is 92.2 Å². The topological polar surface area (TPSA) is 104 Å². The van der Waals surface area contributed by atoms with E-state index < -0.39 is 112 Å². The van der Waals surface area contributed by atoms with Gasteiger partial charge in [0.1, 0.15) is 0 Å². The minimum absolute atomic E-state index is 0.983. The maximum Gasteiger partial charge on any atom is 0.460 e. The third-order valence-electron chi connectivity index (χ3n) is 5.41. The summed E-state index contributed by atoms with van der Waals surface area (Å²) in [5, 5.41) is 19.4. The van der Waals surface area contributed by atoms with Crippen LogP contribution in [0.25, 0.3) is 0 Å². The minimum Gasteiger partial charge on any atom is -0.480 e. The Morgan fingerprint density at radius 2 is 0.889 bits per heavy atom. The van der Waals surface area contributed by atoms with Crippen molar-refractivity contribution in [2.45, 2.75) is 72.0 Å². The Labute approximate surface area is 234 Å². The molecule has 1 atom stereocenters. The van der Waals surface area contributed by atoms with E-state index in [9.17, 15) is 111 Å². The van der Waals surface area contributed by atoms with Gasteiger partial charge in [-0.25, -0.2) is 8.42 Å². The number of carbonyl (C=O) groups is 1. The van der Waals surface area contributed by atoms with Gasteiger partial charge in [0.15, 0.2) is 9.84 Å². The van der Waals surface area contributed by atoms with Gasteiger partial charge in [0, 0.05) is 13.0 Å². The number of aliphatic hydroxyl groups is 1. The molecule has 0 spiro atoms. The van der Waals surface area contributed by atoms with Crippen LogP contribution in [0.2, 0.25) is 0 Å². The Balaban J connectivity index is 6.56. The molecule has 1 unspecified atom stereocenters. The lowest BCUT2D eigenvalue weighted by molar-refractivity contribution is -0.474. The zero-order chi connectivity index (χ0) is 36.9. The predicted octanol–water partition coefficient (Wildman–Crippen LogP) is 5.11. The Bertz CT molecular complexity index is 1170. The molecule has 0 aliphatic carbocycles. The van der Waals surface area contributed by atoms with Crippen LogP contribution < -0.4 is 5.32 Å². The van der Waals surface area contributed by atoms with Crippen LogP contribution in [-0.4, -0.2) is 115 Å². The van der Waals surface area contributed by atoms with Gasteiger partial charge < -0.3 is 15.5 Å². The van der Waals surface area contributed by atoms with Crippen molar-refractivity contribution in [2.24, 2.45) is 0 Å². The quantitative estimate of drug-likeness (QED) is 0.179. The summed E-state index contributed by atoms with van der Waals surface area (Å²) in [4.78, 5) is 10.2. The first-order chi connectivity index (χ1) is 19.3. The van der Waals surface area contributed by atoms with Crippen molar-refractivity contribution in [1.82, 2.24) is 5.32 Å². The van der Waals surface area contributed by atoms with Gasteiger partial charge in [0.05, 0.1) is 24.2 Å². The SMILES string of the molecule is O=C(O)CNCC(O)CS(=O)(=O)CCC(F)(F)C(F)(F)C(F)(F)C(F)(F)C(F)(F)C(F)(F)C(F)(F)C(F)(F)C(F)(F)C(F)(F)F. The van der Waals surface area contributed by atoms with Crippen molar-refractivity contribution < 1.29 is 116 Å². The van der Waals surface area contributed by atoms with E-state index in [2.05, 4.69) is 0 Å². The fraction of sp³-hybridized carbons (Fsp3) is 0.941. The molecule has 0 saturated carbocycles. The van der Waals surface area contributed by atoms with Crippen molar-refractivity contribution in [3.63, 3.8) is 0 Å². The number of hydrogen-bond donors (Lipinski definition) is 3. The van der Waals surface area contributed by atoms with E-state index >= 15 is 0 Å². The van der Waals surface area contributed by atoms with E-state index in [1.807, 2.05) is 5.32 Å². The smallest absolute Gasteiger partial charge is 0.460 e. The van der Waals surface area contributed by atoms with Gasteiger partial charge in [0.25, 0.3) is 0 Å². The molecule has 0 amide bonds. The van der Waals surface area contributed by atoms with E-state index in [-0.39, 0.29) is 0 Å². The van der Waals surface area contributed by atoms with Crippen molar-refractivity contribution in [1.29, 1.82) is 0 Å². The number of nitrogens with one attached hydrogen (secondary N) is 1. The lowest BCUT2D eigenvalue weighted by atomic mass is 9.86. The highest BCUT2D eigenvalue weighted by atomic mass is 32.2. The fourth-order valence-corrected chi connectivity index (χ4v) is 4.25. The first-order valence-corrected chi connectivity index (χ1v) is 12.4. The summed E-state index contributed by atoms with van der Waals surface area (Å²) >= 11 is 0. The molecule has 0 saturated heterocycles. The molecule has 0 rings (SSSR count). The Hall–Kier alpha value is -2.13. The second-order valence-electron chi connectivity index (χ2n) is 8.84. The summed E-state index contributed by atoms with van der Waals surface area (Å²) in [6, 6.07) is 0. The van der Waals surface area contributed by atoms with Crippen LogP contribution in [0.3, 0.4) is 0 Å². The zero-order valence-electron chi connectivity index (χ0n) is 20.6. The fourth-order valence-electron chi connectivity index (χ4n) is 2.81. The zero-order valence-corrected chi connectivity index (χ0v) is 21.4. The molecular formula is C17H14F21NO5S. The van der Waals surface area contributed by atoms with Crippen LogP contribution in [0.1, 0.15) is 6.42 Å². The number of aliphatic carboxylic acids is 1. The second-order valence-corrected chi connectivity index (χ2v) is 11.1. The van der Waals surface area contributed by atoms with Gasteiger partial charge in [-0.2, -0.15) is 92.2 Å². The number of carboxylic acid groups (broad SMARTS) is 1. The Morgan fingerprint density at radius 1 is 0.578 bits per heavy atom. The number of halogens is 21. The molecule has 0 aromatic rings. The number of hydrogen-bond acceptors (Lipinski definition) is 5. The van der Waals surface area contributed by atoms with E-state index in [0.29, 0.717) is 0 Å². The van der Waals surface area contributed by atoms with Crippen molar-refractivity contribution in [2.75, 3.05) is 24.6 Å². The van der Waals surface area contributed by atoms with E-state index in [4.69, 9.17) is 5.11 Å². The standard InChI is InChI=1S/C17H14F21NO5S/c18-8(19,1-2-45(43,44)5-6(40)3-39-4-7(41)42)9(20,21)10(22,23)11(24,25)12(26,27)13(28,29)14(30,31)15(32,33)16(34,35)17(36,37)38/h6,39-40H,1-5H2,(H,41,42). The van der Waals surface area contributed by atoms with Gasteiger partial charge in [-0.1, -0.05) is 0 Å². The molecule has 0 aromatic carbocycles. The van der Waals surface area contributed by atoms with Crippen molar-refractivity contribution >= 4 is 15.8 Å². The van der Waals surface area contributed by atoms with Crippen LogP contribution in [0.15, 0.2) is 0 Å². The molecule has 6 nitrogen and oxygen atoms in total. The molecule has 0 heterocycles. The largest absolute Gasteiger partial charge is 0.480 e. The van der Waals surface area contributed by atoms with Crippen LogP contribution in [-0.2, 0) is 14.6 Å². The van der Waals surface area contributed by atoms with Gasteiger partial charge in [-0.3, -0.25) is 4.79 Å². The molecule has 0 bridgehead atoms. The third-order valence-corrected chi connectivity index (χ3v) is 7.12. The Morgan fingerprint density at radius 3 is 1.20 bits per heavy atom. The molecular weight excluding hydrogens is 729 g/mol. The number of carboxylic acids is 1. The Kier molecular flexibility index (Phi) is 11.6. The molecule has 28 heteroatoms. The lowest BCUT2D eigenvalue weighted by Gasteiger charge is -2.44. The normalized spacial score (nSPS) is 16.6. The lowest BCUT2D eigenvalue weighted by Crippen LogP contribution is -2.76. The highest BCUT2D eigenvalue weighted by Crippen LogP contribution is 2.66. The number of rotatable bonds is 17. The average Bonchev–Trinajstić information content (AvgIpc) is 2.80. The molecule has 0 aliphatic rings. The van der Waals surface area contributed by atoms with Crippen LogP contribution in [0, 0.1) is 0 Å². The summed E-state index contributed by atoms with van der Waals surface area (Å²) in [6.07, 6.45) is -13.7. The number of sulfone groups is 1. The summed E-state index contributed by atoms with van der Waals surface area (Å²) in [7, 11) is -5.42. The molecule has 270 valence electrons. The van der Waals surface area contributed by atoms with E-state index in [1.54, 1.807) is 0 Å². The maximum absolute atomic E-state index is 13.9. The highest BCUT2D eigenvalue weighted by molar-refractivity contribution is 7.91. The van der Waals surface area contributed by atoms with Crippen molar-refractivity contribution in [3.8, 4) is 0 Å². The second kappa shape index (κ2) is 12.1. The van der Waals surface area contributed by atoms with Gasteiger partial charge in [0.2, 0.25) is 0 Å². The van der Waals surface area contributed by atoms with E-state index in [0.717, 1.165) is 0 Å². The van der Waals surface area contributed by atoms with Crippen LogP contribution in [0.5, 0.6) is 0 Å². The summed E-state index contributed by atoms with van der Waals surface area (Å²) in [5.41, 5.74) is 0. The first-order valence-electron chi connectivity index (χ1n) is 10.5. The molecule has 0 radical (unpaired) electrons. The molecule has 0 aromatic heterocycles. The molecule has 45 heavy (non-hydrogen) atoms. The molecule has 0 aliphatic heterocycles. The summed E-state index contributed by atoms with van der Waals surface area (Å²) in [6.45, 7) is -1.99. The van der Waals surface area contributed by atoms with Gasteiger partial charge in [-0.05, 0) is 0 Å². The first kappa shape index (κ1) is 42.9. The number of aliphatic hydroxyl groups excluding tert-OH is 1. The monoisotopic (exact) mass is 743 g/mol.